The number of halogens is 1. The summed E-state index contributed by atoms with van der Waals surface area (Å²) in [5.74, 6) is 0. The first-order chi connectivity index (χ1) is 10.9. The highest BCUT2D eigenvalue weighted by molar-refractivity contribution is 6.07. The molecule has 23 heavy (non-hydrogen) atoms. The minimum atomic E-state index is 0. The molecule has 1 N–H and O–H groups in total. The molecule has 0 aliphatic heterocycles. The maximum Gasteiger partial charge on any atom is 0.0730 e. The third-order valence-corrected chi connectivity index (χ3v) is 3.90. The quantitative estimate of drug-likeness (QED) is 0.584. The minimum Gasteiger partial charge on any atom is -1.00 e. The molecular weight excluding hydrogens is 304 g/mol. The third kappa shape index (κ3) is 2.99. The van der Waals surface area contributed by atoms with E-state index in [-0.39, 0.29) is 12.4 Å². The van der Waals surface area contributed by atoms with E-state index in [1.165, 1.54) is 5.56 Å². The lowest BCUT2D eigenvalue weighted by Gasteiger charge is -2.13. The monoisotopic (exact) mass is 319 g/mol. The van der Waals surface area contributed by atoms with Crippen molar-refractivity contribution in [1.29, 1.82) is 0 Å². The van der Waals surface area contributed by atoms with Crippen LogP contribution in [-0.4, -0.2) is 4.98 Å². The maximum atomic E-state index is 4.75. The fraction of sp³-hybridized carbons (Fsp3) is 0.0500. The van der Waals surface area contributed by atoms with Crippen molar-refractivity contribution in [3.8, 4) is 0 Å². The van der Waals surface area contributed by atoms with Crippen LogP contribution in [0.1, 0.15) is 5.56 Å². The molecule has 0 saturated carbocycles. The Labute approximate surface area is 141 Å². The van der Waals surface area contributed by atoms with E-state index < -0.39 is 0 Å². The van der Waals surface area contributed by atoms with Crippen LogP contribution in [0, 0.1) is 0 Å². The van der Waals surface area contributed by atoms with Crippen LogP contribution in [0.5, 0.6) is 0 Å². The van der Waals surface area contributed by atoms with Crippen LogP contribution in [0.3, 0.4) is 0 Å². The maximum absolute atomic E-state index is 4.75. The average molecular weight is 320 g/mol. The Hall–Kier alpha value is -2.58. The van der Waals surface area contributed by atoms with E-state index in [0.29, 0.717) is 0 Å². The SMILES string of the molecule is [Cl-].c1ccc(CNc2c3ccccc3nc3ccccc23)cc1. The van der Waals surface area contributed by atoms with Crippen LogP contribution in [0.2, 0.25) is 0 Å². The van der Waals surface area contributed by atoms with Crippen molar-refractivity contribution < 1.29 is 12.4 Å². The van der Waals surface area contributed by atoms with Gasteiger partial charge in [0.2, 0.25) is 0 Å². The van der Waals surface area contributed by atoms with Gasteiger partial charge in [-0.15, -0.1) is 0 Å². The van der Waals surface area contributed by atoms with E-state index in [1.54, 1.807) is 0 Å². The van der Waals surface area contributed by atoms with E-state index in [0.717, 1.165) is 34.0 Å². The Kier molecular flexibility index (Phi) is 4.45. The molecule has 1 heterocycles. The average Bonchev–Trinajstić information content (AvgIpc) is 2.59. The molecule has 4 rings (SSSR count). The highest BCUT2D eigenvalue weighted by Gasteiger charge is 2.08. The van der Waals surface area contributed by atoms with Crippen LogP contribution in [0.15, 0.2) is 78.9 Å². The molecule has 0 atom stereocenters. The molecule has 0 amide bonds. The Bertz CT molecular complexity index is 882. The zero-order valence-electron chi connectivity index (χ0n) is 12.5. The van der Waals surface area contributed by atoms with Crippen LogP contribution < -0.4 is 17.7 Å². The van der Waals surface area contributed by atoms with Gasteiger partial charge in [0.1, 0.15) is 0 Å². The molecule has 3 heteroatoms. The molecule has 0 spiro atoms. The number of benzene rings is 3. The number of nitrogens with one attached hydrogen (secondary N) is 1. The Morgan fingerprint density at radius 2 is 1.17 bits per heavy atom. The van der Waals surface area contributed by atoms with Crippen molar-refractivity contribution in [2.24, 2.45) is 0 Å². The van der Waals surface area contributed by atoms with Gasteiger partial charge in [-0.1, -0.05) is 66.7 Å². The fourth-order valence-electron chi connectivity index (χ4n) is 2.82. The second-order valence-corrected chi connectivity index (χ2v) is 5.36. The number of hydrogen-bond donors (Lipinski definition) is 1. The predicted octanol–water partition coefficient (Wildman–Crippen LogP) is 2.00. The topological polar surface area (TPSA) is 24.9 Å². The number of para-hydroxylation sites is 2. The minimum absolute atomic E-state index is 0. The molecule has 0 bridgehead atoms. The highest BCUT2D eigenvalue weighted by atomic mass is 35.5. The molecule has 0 aliphatic rings. The van der Waals surface area contributed by atoms with Crippen LogP contribution >= 0.6 is 0 Å². The molecule has 0 unspecified atom stereocenters. The van der Waals surface area contributed by atoms with Gasteiger partial charge in [-0.25, -0.2) is 4.98 Å². The summed E-state index contributed by atoms with van der Waals surface area (Å²) in [7, 11) is 0. The molecule has 2 nitrogen and oxygen atoms in total. The Morgan fingerprint density at radius 1 is 0.652 bits per heavy atom. The van der Waals surface area contributed by atoms with E-state index in [1.807, 2.05) is 18.2 Å². The molecule has 4 aromatic rings. The Balaban J connectivity index is 0.00000156. The molecule has 0 radical (unpaired) electrons. The van der Waals surface area contributed by atoms with Crippen molar-refractivity contribution in [2.75, 3.05) is 5.32 Å². The summed E-state index contributed by atoms with van der Waals surface area (Å²) < 4.78 is 0. The van der Waals surface area contributed by atoms with Gasteiger partial charge in [0.15, 0.2) is 0 Å². The lowest BCUT2D eigenvalue weighted by molar-refractivity contribution is -0.00000428. The van der Waals surface area contributed by atoms with Crippen molar-refractivity contribution in [2.45, 2.75) is 6.54 Å². The lowest BCUT2D eigenvalue weighted by Crippen LogP contribution is -3.00. The first kappa shape index (κ1) is 15.3. The third-order valence-electron chi connectivity index (χ3n) is 3.90. The lowest BCUT2D eigenvalue weighted by atomic mass is 10.1. The van der Waals surface area contributed by atoms with Gasteiger partial charge in [-0.3, -0.25) is 0 Å². The summed E-state index contributed by atoms with van der Waals surface area (Å²) in [6, 6.07) is 27.0. The van der Waals surface area contributed by atoms with Crippen LogP contribution in [0.4, 0.5) is 5.69 Å². The smallest absolute Gasteiger partial charge is 0.0730 e. The summed E-state index contributed by atoms with van der Waals surface area (Å²) in [4.78, 5) is 4.75. The van der Waals surface area contributed by atoms with Gasteiger partial charge in [0.25, 0.3) is 0 Å². The first-order valence-corrected chi connectivity index (χ1v) is 7.47. The van der Waals surface area contributed by atoms with Crippen LogP contribution in [-0.2, 0) is 6.54 Å². The molecule has 0 fully saturated rings. The van der Waals surface area contributed by atoms with Gasteiger partial charge in [-0.2, -0.15) is 0 Å². The highest BCUT2D eigenvalue weighted by Crippen LogP contribution is 2.30. The molecule has 114 valence electrons. The number of aromatic nitrogens is 1. The summed E-state index contributed by atoms with van der Waals surface area (Å²) >= 11 is 0. The number of anilines is 1. The number of fused-ring (bicyclic) bond motifs is 2. The zero-order valence-corrected chi connectivity index (χ0v) is 13.3. The van der Waals surface area contributed by atoms with E-state index in [4.69, 9.17) is 4.98 Å². The molecule has 0 saturated heterocycles. The molecule has 0 aliphatic carbocycles. The van der Waals surface area contributed by atoms with Crippen molar-refractivity contribution >= 4 is 27.5 Å². The first-order valence-electron chi connectivity index (χ1n) is 7.47. The van der Waals surface area contributed by atoms with Gasteiger partial charge in [0.05, 0.1) is 16.7 Å². The van der Waals surface area contributed by atoms with Crippen molar-refractivity contribution in [3.63, 3.8) is 0 Å². The predicted molar refractivity (Wildman–Crippen MR) is 93.0 cm³/mol. The standard InChI is InChI=1S/C20H16N2.ClH/c1-2-8-15(9-3-1)14-21-20-16-10-4-6-12-18(16)22-19-13-7-5-11-17(19)20;/h1-13H,14H2,(H,21,22);1H/p-1. The van der Waals surface area contributed by atoms with Crippen LogP contribution in [0.25, 0.3) is 21.8 Å². The largest absolute Gasteiger partial charge is 1.00 e. The van der Waals surface area contributed by atoms with E-state index in [9.17, 15) is 0 Å². The van der Waals surface area contributed by atoms with Gasteiger partial charge < -0.3 is 17.7 Å². The van der Waals surface area contributed by atoms with Gasteiger partial charge in [0, 0.05) is 17.3 Å². The summed E-state index contributed by atoms with van der Waals surface area (Å²) in [6.07, 6.45) is 0. The van der Waals surface area contributed by atoms with Gasteiger partial charge >= 0.3 is 0 Å². The summed E-state index contributed by atoms with van der Waals surface area (Å²) in [5.41, 5.74) is 4.48. The number of hydrogen-bond acceptors (Lipinski definition) is 2. The fourth-order valence-corrected chi connectivity index (χ4v) is 2.82. The summed E-state index contributed by atoms with van der Waals surface area (Å²) in [5, 5.41) is 5.93. The van der Waals surface area contributed by atoms with E-state index in [2.05, 4.69) is 66.0 Å². The van der Waals surface area contributed by atoms with Gasteiger partial charge in [-0.05, 0) is 17.7 Å². The van der Waals surface area contributed by atoms with Crippen molar-refractivity contribution in [3.05, 3.63) is 84.4 Å². The molecule has 3 aromatic carbocycles. The molecule has 1 aromatic heterocycles. The number of pyridine rings is 1. The van der Waals surface area contributed by atoms with Crippen molar-refractivity contribution in [1.82, 2.24) is 4.98 Å². The zero-order chi connectivity index (χ0) is 14.8. The van der Waals surface area contributed by atoms with E-state index >= 15 is 0 Å². The number of nitrogens with zero attached hydrogens (tertiary/aromatic N) is 1. The second-order valence-electron chi connectivity index (χ2n) is 5.36. The second kappa shape index (κ2) is 6.67. The molecular formula is C20H16ClN2-. The summed E-state index contributed by atoms with van der Waals surface area (Å²) in [6.45, 7) is 0.804. The Morgan fingerprint density at radius 3 is 1.78 bits per heavy atom. The normalized spacial score (nSPS) is 10.4. The number of rotatable bonds is 3.